The third-order valence-electron chi connectivity index (χ3n) is 5.32. The molecule has 1 saturated heterocycles. The average molecular weight is 384 g/mol. The average Bonchev–Trinajstić information content (AvgIpc) is 3.02. The largest absolute Gasteiger partial charge is 0.497 e. The number of ether oxygens (including phenoxy) is 2. The maximum atomic E-state index is 13.2. The van der Waals surface area contributed by atoms with Gasteiger partial charge in [-0.1, -0.05) is 0 Å². The Morgan fingerprint density at radius 3 is 2.54 bits per heavy atom. The van der Waals surface area contributed by atoms with E-state index in [1.165, 1.54) is 0 Å². The lowest BCUT2D eigenvalue weighted by atomic mass is 9.97. The predicted octanol–water partition coefficient (Wildman–Crippen LogP) is 3.52. The number of likely N-dealkylation sites (tertiary alicyclic amines) is 1. The molecule has 0 aliphatic carbocycles. The van der Waals surface area contributed by atoms with E-state index in [4.69, 9.17) is 9.47 Å². The maximum absolute atomic E-state index is 13.2. The topological polar surface area (TPSA) is 60.8 Å². The Bertz CT molecular complexity index is 854. The molecule has 6 heteroatoms. The van der Waals surface area contributed by atoms with Crippen LogP contribution in [-0.2, 0) is 9.53 Å². The van der Waals surface area contributed by atoms with Gasteiger partial charge in [-0.2, -0.15) is 0 Å². The van der Waals surface area contributed by atoms with Crippen LogP contribution in [0.2, 0.25) is 0 Å². The number of benzene rings is 1. The quantitative estimate of drug-likeness (QED) is 0.740. The zero-order chi connectivity index (χ0) is 20.3. The molecule has 1 aromatic heterocycles. The second-order valence-electron chi connectivity index (χ2n) is 7.16. The molecule has 1 atom stereocenters. The van der Waals surface area contributed by atoms with Gasteiger partial charge in [0, 0.05) is 30.2 Å². The van der Waals surface area contributed by atoms with Gasteiger partial charge in [0.05, 0.1) is 25.2 Å². The van der Waals surface area contributed by atoms with Crippen LogP contribution in [0.3, 0.4) is 0 Å². The number of piperidine rings is 1. The van der Waals surface area contributed by atoms with E-state index in [2.05, 4.69) is 4.57 Å². The van der Waals surface area contributed by atoms with E-state index in [-0.39, 0.29) is 17.8 Å². The van der Waals surface area contributed by atoms with E-state index in [0.717, 1.165) is 35.7 Å². The Kier molecular flexibility index (Phi) is 6.07. The molecule has 0 bridgehead atoms. The summed E-state index contributed by atoms with van der Waals surface area (Å²) >= 11 is 0. The van der Waals surface area contributed by atoms with Gasteiger partial charge in [-0.05, 0) is 63.9 Å². The molecule has 6 nitrogen and oxygen atoms in total. The SMILES string of the molecule is CCOC(=O)C1CCCN(C(=O)c2cc(C)n(-c3ccc(OC)cc3)c2C)C1. The van der Waals surface area contributed by atoms with Crippen molar-refractivity contribution in [3.05, 3.63) is 47.3 Å². The Hall–Kier alpha value is -2.76. The fraction of sp³-hybridized carbons (Fsp3) is 0.455. The van der Waals surface area contributed by atoms with E-state index in [0.29, 0.717) is 25.3 Å². The van der Waals surface area contributed by atoms with E-state index < -0.39 is 0 Å². The molecule has 1 fully saturated rings. The van der Waals surface area contributed by atoms with Gasteiger partial charge in [0.2, 0.25) is 0 Å². The number of hydrogen-bond acceptors (Lipinski definition) is 4. The number of nitrogens with zero attached hydrogens (tertiary/aromatic N) is 2. The minimum Gasteiger partial charge on any atom is -0.497 e. The van der Waals surface area contributed by atoms with Crippen LogP contribution < -0.4 is 4.74 Å². The fourth-order valence-electron chi connectivity index (χ4n) is 3.89. The zero-order valence-electron chi connectivity index (χ0n) is 17.0. The summed E-state index contributed by atoms with van der Waals surface area (Å²) in [5.74, 6) is 0.328. The lowest BCUT2D eigenvalue weighted by Gasteiger charge is -2.31. The summed E-state index contributed by atoms with van der Waals surface area (Å²) < 4.78 is 12.4. The zero-order valence-corrected chi connectivity index (χ0v) is 17.0. The number of carbonyl (C=O) groups is 2. The molecule has 1 aromatic carbocycles. The number of rotatable bonds is 5. The number of hydrogen-bond donors (Lipinski definition) is 0. The summed E-state index contributed by atoms with van der Waals surface area (Å²) in [5, 5.41) is 0. The Labute approximate surface area is 166 Å². The van der Waals surface area contributed by atoms with Crippen LogP contribution in [0.1, 0.15) is 41.5 Å². The molecule has 0 spiro atoms. The minimum atomic E-state index is -0.234. The summed E-state index contributed by atoms with van der Waals surface area (Å²) in [5.41, 5.74) is 3.55. The van der Waals surface area contributed by atoms with Crippen LogP contribution in [0.15, 0.2) is 30.3 Å². The second-order valence-corrected chi connectivity index (χ2v) is 7.16. The van der Waals surface area contributed by atoms with Crippen LogP contribution >= 0.6 is 0 Å². The van der Waals surface area contributed by atoms with Gasteiger partial charge >= 0.3 is 5.97 Å². The van der Waals surface area contributed by atoms with Crippen LogP contribution in [0.25, 0.3) is 5.69 Å². The van der Waals surface area contributed by atoms with Gasteiger partial charge in [-0.25, -0.2) is 0 Å². The number of esters is 1. The van der Waals surface area contributed by atoms with E-state index in [1.54, 1.807) is 18.9 Å². The first-order chi connectivity index (χ1) is 13.5. The monoisotopic (exact) mass is 384 g/mol. The number of amides is 1. The van der Waals surface area contributed by atoms with Crippen molar-refractivity contribution in [1.29, 1.82) is 0 Å². The molecule has 1 amide bonds. The highest BCUT2D eigenvalue weighted by molar-refractivity contribution is 5.96. The molecule has 1 aliphatic rings. The van der Waals surface area contributed by atoms with Crippen molar-refractivity contribution in [2.75, 3.05) is 26.8 Å². The standard InChI is InChI=1S/C22H28N2O4/c1-5-28-22(26)17-7-6-12-23(14-17)21(25)20-13-15(2)24(16(20)3)18-8-10-19(27-4)11-9-18/h8-11,13,17H,5-7,12,14H2,1-4H3. The van der Waals surface area contributed by atoms with E-state index in [9.17, 15) is 9.59 Å². The molecule has 3 rings (SSSR count). The summed E-state index contributed by atoms with van der Waals surface area (Å²) in [4.78, 5) is 27.1. The second kappa shape index (κ2) is 8.50. The third-order valence-corrected chi connectivity index (χ3v) is 5.32. The smallest absolute Gasteiger partial charge is 0.310 e. The molecule has 2 heterocycles. The molecule has 2 aromatic rings. The van der Waals surface area contributed by atoms with Gasteiger partial charge in [-0.15, -0.1) is 0 Å². The lowest BCUT2D eigenvalue weighted by Crippen LogP contribution is -2.43. The van der Waals surface area contributed by atoms with Crippen molar-refractivity contribution in [2.45, 2.75) is 33.6 Å². The Morgan fingerprint density at radius 1 is 1.18 bits per heavy atom. The molecule has 1 unspecified atom stereocenters. The first kappa shape index (κ1) is 20.0. The van der Waals surface area contributed by atoms with Gasteiger partial charge in [0.15, 0.2) is 0 Å². The summed E-state index contributed by atoms with van der Waals surface area (Å²) in [7, 11) is 1.64. The number of methoxy groups -OCH3 is 1. The number of aryl methyl sites for hydroxylation is 1. The molecule has 1 aliphatic heterocycles. The van der Waals surface area contributed by atoms with Gasteiger partial charge in [0.25, 0.3) is 5.91 Å². The van der Waals surface area contributed by atoms with Gasteiger partial charge in [-0.3, -0.25) is 9.59 Å². The molecule has 0 N–H and O–H groups in total. The molecule has 28 heavy (non-hydrogen) atoms. The normalized spacial score (nSPS) is 16.7. The van der Waals surface area contributed by atoms with Crippen molar-refractivity contribution >= 4 is 11.9 Å². The lowest BCUT2D eigenvalue weighted by molar-refractivity contribution is -0.149. The Balaban J connectivity index is 1.83. The third kappa shape index (κ3) is 3.91. The first-order valence-electron chi connectivity index (χ1n) is 9.75. The highest BCUT2D eigenvalue weighted by atomic mass is 16.5. The van der Waals surface area contributed by atoms with Gasteiger partial charge < -0.3 is 18.9 Å². The summed E-state index contributed by atoms with van der Waals surface area (Å²) in [6.45, 7) is 7.21. The molecule has 0 radical (unpaired) electrons. The predicted molar refractivity (Wildman–Crippen MR) is 107 cm³/mol. The number of aromatic nitrogens is 1. The maximum Gasteiger partial charge on any atom is 0.310 e. The molecule has 0 saturated carbocycles. The van der Waals surface area contributed by atoms with Crippen LogP contribution in [-0.4, -0.2) is 48.1 Å². The number of carbonyl (C=O) groups excluding carboxylic acids is 2. The van der Waals surface area contributed by atoms with Crippen molar-refractivity contribution in [2.24, 2.45) is 5.92 Å². The van der Waals surface area contributed by atoms with Crippen molar-refractivity contribution in [1.82, 2.24) is 9.47 Å². The molecule has 150 valence electrons. The molecular formula is C22H28N2O4. The highest BCUT2D eigenvalue weighted by Crippen LogP contribution is 2.26. The van der Waals surface area contributed by atoms with Crippen LogP contribution in [0.4, 0.5) is 0 Å². The van der Waals surface area contributed by atoms with Crippen LogP contribution in [0, 0.1) is 19.8 Å². The van der Waals surface area contributed by atoms with Gasteiger partial charge in [0.1, 0.15) is 5.75 Å². The molecular weight excluding hydrogens is 356 g/mol. The summed E-state index contributed by atoms with van der Waals surface area (Å²) in [6, 6.07) is 9.69. The minimum absolute atomic E-state index is 0.0261. The highest BCUT2D eigenvalue weighted by Gasteiger charge is 2.31. The van der Waals surface area contributed by atoms with E-state index >= 15 is 0 Å². The Morgan fingerprint density at radius 2 is 1.89 bits per heavy atom. The van der Waals surface area contributed by atoms with Crippen molar-refractivity contribution in [3.63, 3.8) is 0 Å². The first-order valence-corrected chi connectivity index (χ1v) is 9.75. The van der Waals surface area contributed by atoms with Crippen molar-refractivity contribution in [3.8, 4) is 11.4 Å². The fourth-order valence-corrected chi connectivity index (χ4v) is 3.89. The van der Waals surface area contributed by atoms with Crippen LogP contribution in [0.5, 0.6) is 5.75 Å². The van der Waals surface area contributed by atoms with E-state index in [1.807, 2.05) is 44.2 Å². The van der Waals surface area contributed by atoms with Crippen molar-refractivity contribution < 1.29 is 19.1 Å². The summed E-state index contributed by atoms with van der Waals surface area (Å²) in [6.07, 6.45) is 1.58.